The van der Waals surface area contributed by atoms with E-state index in [1.54, 1.807) is 12.1 Å². The Morgan fingerprint density at radius 3 is 2.48 bits per heavy atom. The van der Waals surface area contributed by atoms with Crippen molar-refractivity contribution < 1.29 is 10.2 Å². The second-order valence-electron chi connectivity index (χ2n) is 5.88. The van der Waals surface area contributed by atoms with Crippen molar-refractivity contribution in [3.05, 3.63) is 53.6 Å². The number of fused-ring (bicyclic) bond motifs is 1. The second-order valence-corrected chi connectivity index (χ2v) is 5.88. The van der Waals surface area contributed by atoms with Crippen LogP contribution in [-0.2, 0) is 6.42 Å². The highest BCUT2D eigenvalue weighted by Crippen LogP contribution is 2.38. The molecule has 2 aromatic carbocycles. The summed E-state index contributed by atoms with van der Waals surface area (Å²) >= 11 is 0. The largest absolute Gasteiger partial charge is 0.508 e. The van der Waals surface area contributed by atoms with Gasteiger partial charge < -0.3 is 15.1 Å². The fraction of sp³-hybridized carbons (Fsp3) is 0.333. The summed E-state index contributed by atoms with van der Waals surface area (Å²) in [4.78, 5) is 2.38. The molecule has 3 heteroatoms. The Bertz CT molecular complexity index is 633. The fourth-order valence-electron chi connectivity index (χ4n) is 3.33. The van der Waals surface area contributed by atoms with Gasteiger partial charge in [-0.2, -0.15) is 0 Å². The van der Waals surface area contributed by atoms with Gasteiger partial charge in [0, 0.05) is 17.8 Å². The van der Waals surface area contributed by atoms with Crippen molar-refractivity contribution in [2.75, 3.05) is 4.90 Å². The van der Waals surface area contributed by atoms with Crippen LogP contribution in [0.4, 0.5) is 5.69 Å². The third kappa shape index (κ3) is 2.56. The molecule has 2 unspecified atom stereocenters. The molecule has 2 N–H and O–H groups in total. The van der Waals surface area contributed by atoms with E-state index in [0.29, 0.717) is 6.04 Å². The summed E-state index contributed by atoms with van der Waals surface area (Å²) in [5.41, 5.74) is 3.55. The average molecular weight is 283 g/mol. The van der Waals surface area contributed by atoms with Gasteiger partial charge in [-0.3, -0.25) is 0 Å². The van der Waals surface area contributed by atoms with Gasteiger partial charge in [-0.05, 0) is 56.0 Å². The summed E-state index contributed by atoms with van der Waals surface area (Å²) in [5.74, 6) is 0.213. The number of para-hydroxylation sites is 1. The van der Waals surface area contributed by atoms with Gasteiger partial charge in [-0.15, -0.1) is 0 Å². The highest BCUT2D eigenvalue weighted by Gasteiger charge is 2.27. The van der Waals surface area contributed by atoms with Gasteiger partial charge in [0.25, 0.3) is 0 Å². The van der Waals surface area contributed by atoms with Crippen LogP contribution in [-0.4, -0.2) is 16.3 Å². The molecule has 21 heavy (non-hydrogen) atoms. The summed E-state index contributed by atoms with van der Waals surface area (Å²) in [6.07, 6.45) is 2.22. The van der Waals surface area contributed by atoms with E-state index in [9.17, 15) is 10.2 Å². The quantitative estimate of drug-likeness (QED) is 0.875. The molecular weight excluding hydrogens is 262 g/mol. The van der Waals surface area contributed by atoms with Gasteiger partial charge in [-0.1, -0.05) is 18.2 Å². The van der Waals surface area contributed by atoms with Crippen molar-refractivity contribution in [3.63, 3.8) is 0 Å². The lowest BCUT2D eigenvalue weighted by molar-refractivity contribution is 0.445. The Labute approximate surface area is 125 Å². The van der Waals surface area contributed by atoms with E-state index in [4.69, 9.17) is 0 Å². The third-order valence-corrected chi connectivity index (χ3v) is 4.40. The first-order valence-electron chi connectivity index (χ1n) is 7.45. The van der Waals surface area contributed by atoms with Gasteiger partial charge in [-0.25, -0.2) is 0 Å². The number of aryl methyl sites for hydroxylation is 1. The maximum absolute atomic E-state index is 9.72. The van der Waals surface area contributed by atoms with Crippen LogP contribution >= 0.6 is 0 Å². The smallest absolute Gasteiger partial charge is 0.119 e. The molecule has 0 radical (unpaired) electrons. The summed E-state index contributed by atoms with van der Waals surface area (Å²) in [7, 11) is 0. The molecule has 1 heterocycles. The molecule has 1 aliphatic rings. The molecule has 3 rings (SSSR count). The zero-order chi connectivity index (χ0) is 15.0. The SMILES string of the molecule is CC1CCc2ccccc2N1C(C)c1cc(O)cc(O)c1. The lowest BCUT2D eigenvalue weighted by atomic mass is 9.93. The zero-order valence-electron chi connectivity index (χ0n) is 12.5. The number of hydrogen-bond acceptors (Lipinski definition) is 3. The minimum atomic E-state index is 0.0967. The van der Waals surface area contributed by atoms with Gasteiger partial charge in [0.15, 0.2) is 0 Å². The predicted octanol–water partition coefficient (Wildman–Crippen LogP) is 4.00. The van der Waals surface area contributed by atoms with Gasteiger partial charge >= 0.3 is 0 Å². The Morgan fingerprint density at radius 1 is 1.10 bits per heavy atom. The predicted molar refractivity (Wildman–Crippen MR) is 84.9 cm³/mol. The van der Waals surface area contributed by atoms with Crippen LogP contribution < -0.4 is 4.90 Å². The lowest BCUT2D eigenvalue weighted by Gasteiger charge is -2.41. The minimum Gasteiger partial charge on any atom is -0.508 e. The second kappa shape index (κ2) is 5.32. The molecular formula is C18H21NO2. The molecule has 0 aromatic heterocycles. The Kier molecular flexibility index (Phi) is 3.50. The van der Waals surface area contributed by atoms with Crippen molar-refractivity contribution in [1.82, 2.24) is 0 Å². The average Bonchev–Trinajstić information content (AvgIpc) is 2.45. The standard InChI is InChI=1S/C18H21NO2/c1-12-7-8-14-5-3-4-6-18(14)19(12)13(2)15-9-16(20)11-17(21)10-15/h3-6,9-13,20-21H,7-8H2,1-2H3. The number of aromatic hydroxyl groups is 2. The summed E-state index contributed by atoms with van der Waals surface area (Å²) < 4.78 is 0. The van der Waals surface area contributed by atoms with Crippen molar-refractivity contribution in [2.45, 2.75) is 38.8 Å². The van der Waals surface area contributed by atoms with Crippen LogP contribution in [0.15, 0.2) is 42.5 Å². The van der Waals surface area contributed by atoms with Crippen LogP contribution in [0.2, 0.25) is 0 Å². The molecule has 0 aliphatic carbocycles. The maximum Gasteiger partial charge on any atom is 0.119 e. The number of phenols is 2. The van der Waals surface area contributed by atoms with Crippen LogP contribution in [0.5, 0.6) is 11.5 Å². The normalized spacial score (nSPS) is 19.1. The fourth-order valence-corrected chi connectivity index (χ4v) is 3.33. The highest BCUT2D eigenvalue weighted by molar-refractivity contribution is 5.58. The first-order valence-corrected chi connectivity index (χ1v) is 7.45. The molecule has 1 aliphatic heterocycles. The first-order chi connectivity index (χ1) is 10.1. The minimum absolute atomic E-state index is 0.0967. The van der Waals surface area contributed by atoms with Gasteiger partial charge in [0.2, 0.25) is 0 Å². The zero-order valence-corrected chi connectivity index (χ0v) is 12.5. The molecule has 0 saturated heterocycles. The number of rotatable bonds is 2. The number of nitrogens with zero attached hydrogens (tertiary/aromatic N) is 1. The van der Waals surface area contributed by atoms with Crippen molar-refractivity contribution >= 4 is 5.69 Å². The monoisotopic (exact) mass is 283 g/mol. The van der Waals surface area contributed by atoms with Crippen molar-refractivity contribution in [1.29, 1.82) is 0 Å². The number of phenolic OH excluding ortho intramolecular Hbond substituents is 2. The third-order valence-electron chi connectivity index (χ3n) is 4.40. The van der Waals surface area contributed by atoms with Gasteiger partial charge in [0.1, 0.15) is 11.5 Å². The maximum atomic E-state index is 9.72. The van der Waals surface area contributed by atoms with Crippen LogP contribution in [0, 0.1) is 0 Å². The first kappa shape index (κ1) is 13.8. The van der Waals surface area contributed by atoms with Crippen LogP contribution in [0.25, 0.3) is 0 Å². The van der Waals surface area contributed by atoms with Crippen molar-refractivity contribution in [2.24, 2.45) is 0 Å². The Morgan fingerprint density at radius 2 is 1.76 bits per heavy atom. The molecule has 0 amide bonds. The molecule has 0 bridgehead atoms. The number of hydrogen-bond donors (Lipinski definition) is 2. The topological polar surface area (TPSA) is 43.7 Å². The van der Waals surface area contributed by atoms with Crippen LogP contribution in [0.3, 0.4) is 0 Å². The van der Waals surface area contributed by atoms with E-state index < -0.39 is 0 Å². The van der Waals surface area contributed by atoms with E-state index in [2.05, 4.69) is 43.0 Å². The summed E-state index contributed by atoms with van der Waals surface area (Å²) in [6, 6.07) is 13.8. The summed E-state index contributed by atoms with van der Waals surface area (Å²) in [6.45, 7) is 4.35. The Hall–Kier alpha value is -2.16. The molecule has 3 nitrogen and oxygen atoms in total. The van der Waals surface area contributed by atoms with E-state index in [0.717, 1.165) is 18.4 Å². The van der Waals surface area contributed by atoms with E-state index in [1.165, 1.54) is 17.3 Å². The lowest BCUT2D eigenvalue weighted by Crippen LogP contribution is -2.39. The molecule has 110 valence electrons. The molecule has 0 fully saturated rings. The molecule has 2 atom stereocenters. The molecule has 0 saturated carbocycles. The van der Waals surface area contributed by atoms with E-state index in [-0.39, 0.29) is 17.5 Å². The molecule has 2 aromatic rings. The van der Waals surface area contributed by atoms with Crippen molar-refractivity contribution in [3.8, 4) is 11.5 Å². The number of benzene rings is 2. The highest BCUT2D eigenvalue weighted by atomic mass is 16.3. The van der Waals surface area contributed by atoms with Gasteiger partial charge in [0.05, 0.1) is 6.04 Å². The van der Waals surface area contributed by atoms with E-state index >= 15 is 0 Å². The van der Waals surface area contributed by atoms with E-state index in [1.807, 2.05) is 0 Å². The molecule has 0 spiro atoms. The Balaban J connectivity index is 2.02. The summed E-state index contributed by atoms with van der Waals surface area (Å²) in [5, 5.41) is 19.4. The number of anilines is 1. The van der Waals surface area contributed by atoms with Crippen LogP contribution in [0.1, 0.15) is 37.4 Å².